The zero-order chi connectivity index (χ0) is 18.8. The summed E-state index contributed by atoms with van der Waals surface area (Å²) in [6.07, 6.45) is 0.131. The predicted octanol–water partition coefficient (Wildman–Crippen LogP) is 2.79. The van der Waals surface area contributed by atoms with Gasteiger partial charge in [0.2, 0.25) is 5.91 Å². The van der Waals surface area contributed by atoms with Gasteiger partial charge in [0.05, 0.1) is 11.1 Å². The van der Waals surface area contributed by atoms with Crippen molar-refractivity contribution < 1.29 is 19.2 Å². The van der Waals surface area contributed by atoms with E-state index in [4.69, 9.17) is 0 Å². The molecule has 3 amide bonds. The van der Waals surface area contributed by atoms with Gasteiger partial charge in [-0.1, -0.05) is 12.1 Å². The summed E-state index contributed by atoms with van der Waals surface area (Å²) in [5.41, 5.74) is 3.67. The van der Waals surface area contributed by atoms with E-state index in [0.717, 1.165) is 11.1 Å². The van der Waals surface area contributed by atoms with Gasteiger partial charge in [-0.3, -0.25) is 24.5 Å². The first-order valence-electron chi connectivity index (χ1n) is 8.25. The number of fused-ring (bicyclic) bond motifs is 1. The first-order chi connectivity index (χ1) is 12.3. The molecule has 0 spiro atoms. The quantitative estimate of drug-likeness (QED) is 0.641. The van der Waals surface area contributed by atoms with Gasteiger partial charge in [0, 0.05) is 24.1 Å². The Balaban J connectivity index is 1.60. The standard InChI is InChI=1S/C20H18N2O4/c1-11-3-4-13(9-12(11)2)17(23)7-8-18(24)21-14-5-6-15-16(10-14)20(26)22-19(15)25/h3-6,9-10H,7-8H2,1-2H3,(H,21,24)(H,22,25,26). The van der Waals surface area contributed by atoms with Crippen LogP contribution in [0.1, 0.15) is 55.0 Å². The van der Waals surface area contributed by atoms with Crippen molar-refractivity contribution in [3.8, 4) is 0 Å². The number of benzene rings is 2. The van der Waals surface area contributed by atoms with Crippen molar-refractivity contribution in [3.05, 3.63) is 64.2 Å². The fraction of sp³-hybridized carbons (Fsp3) is 0.200. The molecular formula is C20H18N2O4. The molecule has 0 bridgehead atoms. The molecule has 1 aliphatic rings. The minimum absolute atomic E-state index is 0.0357. The minimum atomic E-state index is -0.481. The van der Waals surface area contributed by atoms with E-state index in [2.05, 4.69) is 10.6 Å². The molecule has 2 aromatic rings. The Morgan fingerprint density at radius 3 is 2.35 bits per heavy atom. The van der Waals surface area contributed by atoms with Crippen LogP contribution < -0.4 is 10.6 Å². The summed E-state index contributed by atoms with van der Waals surface area (Å²) in [5.74, 6) is -1.35. The highest BCUT2D eigenvalue weighted by Crippen LogP contribution is 2.20. The van der Waals surface area contributed by atoms with Gasteiger partial charge in [0.25, 0.3) is 11.8 Å². The second-order valence-electron chi connectivity index (χ2n) is 6.31. The molecule has 6 heteroatoms. The van der Waals surface area contributed by atoms with Gasteiger partial charge in [-0.05, 0) is 49.2 Å². The molecule has 0 saturated carbocycles. The van der Waals surface area contributed by atoms with E-state index >= 15 is 0 Å². The number of nitrogens with one attached hydrogen (secondary N) is 2. The van der Waals surface area contributed by atoms with Gasteiger partial charge in [-0.2, -0.15) is 0 Å². The van der Waals surface area contributed by atoms with Crippen LogP contribution in [0.15, 0.2) is 36.4 Å². The average molecular weight is 350 g/mol. The molecule has 6 nitrogen and oxygen atoms in total. The lowest BCUT2D eigenvalue weighted by Gasteiger charge is -2.07. The lowest BCUT2D eigenvalue weighted by atomic mass is 10.0. The van der Waals surface area contributed by atoms with Crippen LogP contribution in [-0.2, 0) is 4.79 Å². The molecule has 0 fully saturated rings. The summed E-state index contributed by atoms with van der Waals surface area (Å²) in [6, 6.07) is 9.98. The maximum Gasteiger partial charge on any atom is 0.259 e. The first-order valence-corrected chi connectivity index (χ1v) is 8.25. The lowest BCUT2D eigenvalue weighted by Crippen LogP contribution is -2.19. The van der Waals surface area contributed by atoms with E-state index in [1.807, 2.05) is 26.0 Å². The zero-order valence-electron chi connectivity index (χ0n) is 14.5. The topological polar surface area (TPSA) is 92.3 Å². The molecule has 3 rings (SSSR count). The summed E-state index contributed by atoms with van der Waals surface area (Å²) >= 11 is 0. The highest BCUT2D eigenvalue weighted by Gasteiger charge is 2.26. The van der Waals surface area contributed by atoms with Crippen LogP contribution in [0.4, 0.5) is 5.69 Å². The van der Waals surface area contributed by atoms with E-state index in [1.165, 1.54) is 12.1 Å². The Morgan fingerprint density at radius 2 is 1.62 bits per heavy atom. The van der Waals surface area contributed by atoms with Crippen LogP contribution in [-0.4, -0.2) is 23.5 Å². The van der Waals surface area contributed by atoms with Crippen LogP contribution in [0.3, 0.4) is 0 Å². The van der Waals surface area contributed by atoms with E-state index in [-0.39, 0.29) is 35.7 Å². The van der Waals surface area contributed by atoms with Gasteiger partial charge in [0.1, 0.15) is 0 Å². The molecule has 2 aromatic carbocycles. The predicted molar refractivity (Wildman–Crippen MR) is 96.3 cm³/mol. The van der Waals surface area contributed by atoms with E-state index < -0.39 is 11.8 Å². The number of imide groups is 1. The number of rotatable bonds is 5. The summed E-state index contributed by atoms with van der Waals surface area (Å²) in [7, 11) is 0. The van der Waals surface area contributed by atoms with Crippen LogP contribution >= 0.6 is 0 Å². The normalized spacial score (nSPS) is 12.5. The molecule has 0 atom stereocenters. The number of carbonyl (C=O) groups excluding carboxylic acids is 4. The largest absolute Gasteiger partial charge is 0.326 e. The number of anilines is 1. The summed E-state index contributed by atoms with van der Waals surface area (Å²) in [5, 5.41) is 4.85. The van der Waals surface area contributed by atoms with Crippen LogP contribution in [0.2, 0.25) is 0 Å². The monoisotopic (exact) mass is 350 g/mol. The van der Waals surface area contributed by atoms with Crippen molar-refractivity contribution in [2.45, 2.75) is 26.7 Å². The maximum atomic E-state index is 12.2. The highest BCUT2D eigenvalue weighted by atomic mass is 16.2. The van der Waals surface area contributed by atoms with Crippen LogP contribution in [0.5, 0.6) is 0 Å². The van der Waals surface area contributed by atoms with Gasteiger partial charge in [-0.15, -0.1) is 0 Å². The molecule has 0 saturated heterocycles. The van der Waals surface area contributed by atoms with Crippen LogP contribution in [0.25, 0.3) is 0 Å². The Labute approximate surface area is 150 Å². The highest BCUT2D eigenvalue weighted by molar-refractivity contribution is 6.22. The summed E-state index contributed by atoms with van der Waals surface area (Å²) in [4.78, 5) is 47.5. The van der Waals surface area contributed by atoms with E-state index in [0.29, 0.717) is 11.3 Å². The smallest absolute Gasteiger partial charge is 0.259 e. The molecule has 0 aliphatic carbocycles. The Bertz CT molecular complexity index is 947. The number of hydrogen-bond donors (Lipinski definition) is 2. The fourth-order valence-electron chi connectivity index (χ4n) is 2.76. The van der Waals surface area contributed by atoms with Crippen molar-refractivity contribution in [2.75, 3.05) is 5.32 Å². The molecule has 132 valence electrons. The molecule has 2 N–H and O–H groups in total. The number of hydrogen-bond acceptors (Lipinski definition) is 4. The molecule has 26 heavy (non-hydrogen) atoms. The number of amides is 3. The first kappa shape index (κ1) is 17.5. The third-order valence-corrected chi connectivity index (χ3v) is 4.43. The number of aryl methyl sites for hydroxylation is 2. The van der Waals surface area contributed by atoms with Crippen molar-refractivity contribution >= 4 is 29.2 Å². The molecular weight excluding hydrogens is 332 g/mol. The Hall–Kier alpha value is -3.28. The maximum absolute atomic E-state index is 12.2. The van der Waals surface area contributed by atoms with Crippen molar-refractivity contribution in [1.29, 1.82) is 0 Å². The van der Waals surface area contributed by atoms with Crippen molar-refractivity contribution in [2.24, 2.45) is 0 Å². The van der Waals surface area contributed by atoms with E-state index in [1.54, 1.807) is 12.1 Å². The van der Waals surface area contributed by atoms with E-state index in [9.17, 15) is 19.2 Å². The molecule has 0 unspecified atom stereocenters. The fourth-order valence-corrected chi connectivity index (χ4v) is 2.76. The van der Waals surface area contributed by atoms with Gasteiger partial charge in [-0.25, -0.2) is 0 Å². The molecule has 1 aliphatic heterocycles. The van der Waals surface area contributed by atoms with Gasteiger partial charge < -0.3 is 5.32 Å². The summed E-state index contributed by atoms with van der Waals surface area (Å²) in [6.45, 7) is 3.91. The van der Waals surface area contributed by atoms with Gasteiger partial charge >= 0.3 is 0 Å². The average Bonchev–Trinajstić information content (AvgIpc) is 2.89. The number of Topliss-reactive ketones (excluding diaryl/α,β-unsaturated/α-hetero) is 1. The second kappa shape index (κ2) is 6.92. The third kappa shape index (κ3) is 3.54. The van der Waals surface area contributed by atoms with Crippen molar-refractivity contribution in [1.82, 2.24) is 5.32 Å². The number of ketones is 1. The molecule has 1 heterocycles. The Kier molecular flexibility index (Phi) is 4.67. The lowest BCUT2D eigenvalue weighted by molar-refractivity contribution is -0.116. The van der Waals surface area contributed by atoms with Gasteiger partial charge in [0.15, 0.2) is 5.78 Å². The molecule has 0 radical (unpaired) electrons. The van der Waals surface area contributed by atoms with Crippen LogP contribution in [0, 0.1) is 13.8 Å². The molecule has 0 aromatic heterocycles. The second-order valence-corrected chi connectivity index (χ2v) is 6.31. The number of carbonyl (C=O) groups is 4. The van der Waals surface area contributed by atoms with Crippen molar-refractivity contribution in [3.63, 3.8) is 0 Å². The Morgan fingerprint density at radius 1 is 0.885 bits per heavy atom. The summed E-state index contributed by atoms with van der Waals surface area (Å²) < 4.78 is 0. The minimum Gasteiger partial charge on any atom is -0.326 e. The SMILES string of the molecule is Cc1ccc(C(=O)CCC(=O)Nc2ccc3c(c2)C(=O)NC3=O)cc1C. The third-order valence-electron chi connectivity index (χ3n) is 4.43. The zero-order valence-corrected chi connectivity index (χ0v) is 14.5.